The predicted molar refractivity (Wildman–Crippen MR) is 87.9 cm³/mol. The van der Waals surface area contributed by atoms with Gasteiger partial charge in [-0.1, -0.05) is 0 Å². The molecule has 0 spiro atoms. The minimum Gasteiger partial charge on any atom is -0.496 e. The lowest BCUT2D eigenvalue weighted by Gasteiger charge is -2.26. The summed E-state index contributed by atoms with van der Waals surface area (Å²) in [6, 6.07) is 0.425. The standard InChI is InChI=1S/C17H26N4O/c1-12(2)21(10-15-8-19-20(5)9-15)11-16-14(4)17(22-6)13(3)7-18-16/h7-9,12H,10-11H2,1-6H3. The molecule has 2 heterocycles. The number of aromatic nitrogens is 3. The Morgan fingerprint density at radius 2 is 1.95 bits per heavy atom. The molecule has 22 heavy (non-hydrogen) atoms. The molecule has 0 saturated carbocycles. The van der Waals surface area contributed by atoms with Gasteiger partial charge < -0.3 is 4.74 Å². The molecule has 0 fully saturated rings. The highest BCUT2D eigenvalue weighted by molar-refractivity contribution is 5.41. The molecular formula is C17H26N4O. The zero-order valence-electron chi connectivity index (χ0n) is 14.4. The Bertz CT molecular complexity index is 634. The van der Waals surface area contributed by atoms with Crippen molar-refractivity contribution in [2.75, 3.05) is 7.11 Å². The van der Waals surface area contributed by atoms with Gasteiger partial charge in [0.15, 0.2) is 0 Å². The smallest absolute Gasteiger partial charge is 0.128 e. The van der Waals surface area contributed by atoms with Crippen LogP contribution in [-0.4, -0.2) is 32.8 Å². The van der Waals surface area contributed by atoms with Gasteiger partial charge in [0.2, 0.25) is 0 Å². The highest BCUT2D eigenvalue weighted by atomic mass is 16.5. The van der Waals surface area contributed by atoms with Gasteiger partial charge in [-0.15, -0.1) is 0 Å². The van der Waals surface area contributed by atoms with Crippen LogP contribution in [0.5, 0.6) is 5.75 Å². The second kappa shape index (κ2) is 6.92. The van der Waals surface area contributed by atoms with Gasteiger partial charge in [0.05, 0.1) is 19.0 Å². The molecule has 0 aliphatic rings. The topological polar surface area (TPSA) is 43.2 Å². The van der Waals surface area contributed by atoms with Gasteiger partial charge in [-0.2, -0.15) is 5.10 Å². The molecule has 0 aromatic carbocycles. The third-order valence-electron chi connectivity index (χ3n) is 3.98. The van der Waals surface area contributed by atoms with E-state index in [1.54, 1.807) is 7.11 Å². The molecule has 0 bridgehead atoms. The first kappa shape index (κ1) is 16.5. The van der Waals surface area contributed by atoms with Gasteiger partial charge in [-0.25, -0.2) is 0 Å². The van der Waals surface area contributed by atoms with Crippen LogP contribution in [0.2, 0.25) is 0 Å². The van der Waals surface area contributed by atoms with E-state index in [1.165, 1.54) is 5.56 Å². The van der Waals surface area contributed by atoms with E-state index in [0.29, 0.717) is 6.04 Å². The monoisotopic (exact) mass is 302 g/mol. The Morgan fingerprint density at radius 1 is 1.23 bits per heavy atom. The van der Waals surface area contributed by atoms with Crippen LogP contribution in [0.3, 0.4) is 0 Å². The Kier molecular flexibility index (Phi) is 5.19. The molecular weight excluding hydrogens is 276 g/mol. The van der Waals surface area contributed by atoms with E-state index in [2.05, 4.69) is 42.0 Å². The third-order valence-corrected chi connectivity index (χ3v) is 3.98. The van der Waals surface area contributed by atoms with Crippen molar-refractivity contribution in [2.24, 2.45) is 7.05 Å². The molecule has 0 radical (unpaired) electrons. The number of rotatable bonds is 6. The van der Waals surface area contributed by atoms with E-state index in [-0.39, 0.29) is 0 Å². The van der Waals surface area contributed by atoms with Crippen LogP contribution in [0.1, 0.15) is 36.2 Å². The quantitative estimate of drug-likeness (QED) is 0.823. The summed E-state index contributed by atoms with van der Waals surface area (Å²) in [6.07, 6.45) is 5.88. The van der Waals surface area contributed by atoms with E-state index in [0.717, 1.165) is 35.7 Å². The van der Waals surface area contributed by atoms with E-state index < -0.39 is 0 Å². The minimum absolute atomic E-state index is 0.425. The van der Waals surface area contributed by atoms with Gasteiger partial charge >= 0.3 is 0 Å². The average Bonchev–Trinajstić information content (AvgIpc) is 2.86. The fourth-order valence-electron chi connectivity index (χ4n) is 2.63. The van der Waals surface area contributed by atoms with E-state index in [1.807, 2.05) is 31.0 Å². The Labute approximate surface area is 132 Å². The van der Waals surface area contributed by atoms with Crippen molar-refractivity contribution in [1.82, 2.24) is 19.7 Å². The fourth-order valence-corrected chi connectivity index (χ4v) is 2.63. The fraction of sp³-hybridized carbons (Fsp3) is 0.529. The number of nitrogens with zero attached hydrogens (tertiary/aromatic N) is 4. The summed E-state index contributed by atoms with van der Waals surface area (Å²) in [5, 5.41) is 4.25. The first-order chi connectivity index (χ1) is 10.4. The molecule has 0 unspecified atom stereocenters. The molecule has 2 aromatic rings. The van der Waals surface area contributed by atoms with Crippen molar-refractivity contribution in [3.8, 4) is 5.75 Å². The zero-order valence-corrected chi connectivity index (χ0v) is 14.4. The minimum atomic E-state index is 0.425. The van der Waals surface area contributed by atoms with Crippen LogP contribution in [0.25, 0.3) is 0 Å². The summed E-state index contributed by atoms with van der Waals surface area (Å²) in [6.45, 7) is 10.2. The molecule has 0 N–H and O–H groups in total. The van der Waals surface area contributed by atoms with Crippen LogP contribution in [0, 0.1) is 13.8 Å². The summed E-state index contributed by atoms with van der Waals surface area (Å²) in [7, 11) is 3.66. The highest BCUT2D eigenvalue weighted by Crippen LogP contribution is 2.25. The molecule has 0 aliphatic heterocycles. The summed E-state index contributed by atoms with van der Waals surface area (Å²) < 4.78 is 7.35. The number of hydrogen-bond donors (Lipinski definition) is 0. The molecule has 120 valence electrons. The van der Waals surface area contributed by atoms with E-state index in [4.69, 9.17) is 4.74 Å². The Morgan fingerprint density at radius 3 is 2.50 bits per heavy atom. The first-order valence-electron chi connectivity index (χ1n) is 7.63. The Balaban J connectivity index is 2.21. The number of aryl methyl sites for hydroxylation is 2. The van der Waals surface area contributed by atoms with Crippen molar-refractivity contribution in [1.29, 1.82) is 0 Å². The molecule has 5 heteroatoms. The van der Waals surface area contributed by atoms with Crippen molar-refractivity contribution >= 4 is 0 Å². The van der Waals surface area contributed by atoms with Crippen LogP contribution < -0.4 is 4.74 Å². The second-order valence-electron chi connectivity index (χ2n) is 6.07. The van der Waals surface area contributed by atoms with Crippen LogP contribution in [0.4, 0.5) is 0 Å². The van der Waals surface area contributed by atoms with E-state index >= 15 is 0 Å². The summed E-state index contributed by atoms with van der Waals surface area (Å²) >= 11 is 0. The van der Waals surface area contributed by atoms with E-state index in [9.17, 15) is 0 Å². The number of ether oxygens (including phenoxy) is 1. The summed E-state index contributed by atoms with van der Waals surface area (Å²) in [5.74, 6) is 0.940. The highest BCUT2D eigenvalue weighted by Gasteiger charge is 2.16. The number of hydrogen-bond acceptors (Lipinski definition) is 4. The molecule has 0 saturated heterocycles. The largest absolute Gasteiger partial charge is 0.496 e. The van der Waals surface area contributed by atoms with Crippen LogP contribution >= 0.6 is 0 Å². The first-order valence-corrected chi connectivity index (χ1v) is 7.63. The van der Waals surface area contributed by atoms with Crippen molar-refractivity contribution < 1.29 is 4.74 Å². The maximum Gasteiger partial charge on any atom is 0.128 e. The van der Waals surface area contributed by atoms with Crippen LogP contribution in [-0.2, 0) is 20.1 Å². The van der Waals surface area contributed by atoms with Gasteiger partial charge in [0.1, 0.15) is 5.75 Å². The maximum absolute atomic E-state index is 5.51. The average molecular weight is 302 g/mol. The van der Waals surface area contributed by atoms with Crippen molar-refractivity contribution in [3.05, 3.63) is 41.0 Å². The molecule has 2 aromatic heterocycles. The molecule has 0 amide bonds. The molecule has 0 atom stereocenters. The zero-order chi connectivity index (χ0) is 16.3. The maximum atomic E-state index is 5.51. The van der Waals surface area contributed by atoms with Gasteiger partial charge in [-0.05, 0) is 27.7 Å². The predicted octanol–water partition coefficient (Wildman–Crippen LogP) is 2.85. The van der Waals surface area contributed by atoms with Crippen LogP contribution in [0.15, 0.2) is 18.6 Å². The van der Waals surface area contributed by atoms with Gasteiger partial charge in [0, 0.05) is 55.3 Å². The SMILES string of the molecule is COc1c(C)cnc(CN(Cc2cnn(C)c2)C(C)C)c1C. The summed E-state index contributed by atoms with van der Waals surface area (Å²) in [4.78, 5) is 7.00. The summed E-state index contributed by atoms with van der Waals surface area (Å²) in [5.41, 5.74) is 4.49. The van der Waals surface area contributed by atoms with Crippen molar-refractivity contribution in [3.63, 3.8) is 0 Å². The molecule has 5 nitrogen and oxygen atoms in total. The lowest BCUT2D eigenvalue weighted by molar-refractivity contribution is 0.200. The van der Waals surface area contributed by atoms with Gasteiger partial charge in [0.25, 0.3) is 0 Å². The molecule has 0 aliphatic carbocycles. The normalized spacial score (nSPS) is 11.5. The lowest BCUT2D eigenvalue weighted by atomic mass is 10.1. The van der Waals surface area contributed by atoms with Gasteiger partial charge in [-0.3, -0.25) is 14.6 Å². The number of methoxy groups -OCH3 is 1. The lowest BCUT2D eigenvalue weighted by Crippen LogP contribution is -2.30. The second-order valence-corrected chi connectivity index (χ2v) is 6.07. The third kappa shape index (κ3) is 3.65. The number of pyridine rings is 1. The Hall–Kier alpha value is -1.88. The molecule has 2 rings (SSSR count). The van der Waals surface area contributed by atoms with Crippen molar-refractivity contribution in [2.45, 2.75) is 46.8 Å².